The molecule has 1 aromatic heterocycles. The van der Waals surface area contributed by atoms with Crippen molar-refractivity contribution >= 4 is 17.6 Å². The number of benzene rings is 2. The van der Waals surface area contributed by atoms with Crippen molar-refractivity contribution in [2.24, 2.45) is 5.73 Å². The number of anilines is 1. The summed E-state index contributed by atoms with van der Waals surface area (Å²) in [5.74, 6) is 0.211. The van der Waals surface area contributed by atoms with E-state index in [1.807, 2.05) is 44.2 Å². The maximum absolute atomic E-state index is 12.6. The maximum atomic E-state index is 12.6. The van der Waals surface area contributed by atoms with Gasteiger partial charge in [0.1, 0.15) is 11.6 Å². The summed E-state index contributed by atoms with van der Waals surface area (Å²) in [6.07, 6.45) is 0. The van der Waals surface area contributed by atoms with Crippen LogP contribution in [0.3, 0.4) is 0 Å². The minimum atomic E-state index is -0.559. The molecular formula is C20H20N4O3. The molecule has 0 aliphatic heterocycles. The summed E-state index contributed by atoms with van der Waals surface area (Å²) < 4.78 is 6.88. The number of carbonyl (C=O) groups is 2. The van der Waals surface area contributed by atoms with Crippen LogP contribution in [0.4, 0.5) is 5.82 Å². The summed E-state index contributed by atoms with van der Waals surface area (Å²) in [5, 5.41) is 7.33. The molecule has 0 saturated heterocycles. The molecular weight excluding hydrogens is 344 g/mol. The molecule has 7 nitrogen and oxygen atoms in total. The van der Waals surface area contributed by atoms with Gasteiger partial charge in [-0.2, -0.15) is 5.10 Å². The largest absolute Gasteiger partial charge is 0.484 e. The molecule has 3 N–H and O–H groups in total. The third kappa shape index (κ3) is 4.52. The number of ether oxygens (including phenoxy) is 1. The molecule has 7 heteroatoms. The first kappa shape index (κ1) is 18.2. The van der Waals surface area contributed by atoms with E-state index < -0.39 is 5.91 Å². The van der Waals surface area contributed by atoms with E-state index in [0.29, 0.717) is 17.1 Å². The van der Waals surface area contributed by atoms with E-state index in [9.17, 15) is 9.59 Å². The SMILES string of the molecule is Cc1ccc(-n2nc(C)cc2NC(=O)c2ccc(OCC(N)=O)cc2)cc1. The molecule has 0 aliphatic rings. The topological polar surface area (TPSA) is 99.2 Å². The molecule has 0 fully saturated rings. The molecule has 27 heavy (non-hydrogen) atoms. The second kappa shape index (κ2) is 7.74. The molecule has 3 aromatic rings. The molecule has 2 aromatic carbocycles. The molecule has 138 valence electrons. The van der Waals surface area contributed by atoms with E-state index in [2.05, 4.69) is 10.4 Å². The van der Waals surface area contributed by atoms with Gasteiger partial charge in [-0.05, 0) is 50.2 Å². The van der Waals surface area contributed by atoms with Gasteiger partial charge in [0.05, 0.1) is 11.4 Å². The van der Waals surface area contributed by atoms with Crippen molar-refractivity contribution in [2.75, 3.05) is 11.9 Å². The van der Waals surface area contributed by atoms with Gasteiger partial charge in [0.2, 0.25) is 0 Å². The first-order valence-corrected chi connectivity index (χ1v) is 8.38. The fourth-order valence-electron chi connectivity index (χ4n) is 2.52. The smallest absolute Gasteiger partial charge is 0.256 e. The van der Waals surface area contributed by atoms with E-state index >= 15 is 0 Å². The zero-order chi connectivity index (χ0) is 19.4. The molecule has 0 saturated carbocycles. The number of primary amides is 1. The molecule has 2 amide bonds. The number of aryl methyl sites for hydroxylation is 2. The lowest BCUT2D eigenvalue weighted by molar-refractivity contribution is -0.119. The van der Waals surface area contributed by atoms with E-state index in [0.717, 1.165) is 16.9 Å². The Morgan fingerprint density at radius 3 is 2.37 bits per heavy atom. The van der Waals surface area contributed by atoms with Crippen molar-refractivity contribution < 1.29 is 14.3 Å². The number of carbonyl (C=O) groups excluding carboxylic acids is 2. The number of hydrogen-bond donors (Lipinski definition) is 2. The van der Waals surface area contributed by atoms with E-state index in [4.69, 9.17) is 10.5 Å². The highest BCUT2D eigenvalue weighted by Gasteiger charge is 2.13. The highest BCUT2D eigenvalue weighted by molar-refractivity contribution is 6.04. The highest BCUT2D eigenvalue weighted by atomic mass is 16.5. The Bertz CT molecular complexity index is 960. The predicted molar refractivity (Wildman–Crippen MR) is 102 cm³/mol. The van der Waals surface area contributed by atoms with Crippen LogP contribution < -0.4 is 15.8 Å². The van der Waals surface area contributed by atoms with Gasteiger partial charge in [-0.15, -0.1) is 0 Å². The summed E-state index contributed by atoms with van der Waals surface area (Å²) >= 11 is 0. The summed E-state index contributed by atoms with van der Waals surface area (Å²) in [7, 11) is 0. The summed E-state index contributed by atoms with van der Waals surface area (Å²) in [6.45, 7) is 3.67. The van der Waals surface area contributed by atoms with Crippen molar-refractivity contribution in [1.82, 2.24) is 9.78 Å². The summed E-state index contributed by atoms with van der Waals surface area (Å²) in [5.41, 5.74) is 8.29. The number of aromatic nitrogens is 2. The second-order valence-corrected chi connectivity index (χ2v) is 6.15. The van der Waals surface area contributed by atoms with Crippen molar-refractivity contribution in [2.45, 2.75) is 13.8 Å². The molecule has 3 rings (SSSR count). The fourth-order valence-corrected chi connectivity index (χ4v) is 2.52. The summed E-state index contributed by atoms with van der Waals surface area (Å²) in [6, 6.07) is 16.1. The van der Waals surface area contributed by atoms with E-state index in [-0.39, 0.29) is 12.5 Å². The van der Waals surface area contributed by atoms with Gasteiger partial charge in [-0.3, -0.25) is 9.59 Å². The van der Waals surface area contributed by atoms with Gasteiger partial charge in [0.25, 0.3) is 11.8 Å². The van der Waals surface area contributed by atoms with Crippen molar-refractivity contribution in [3.8, 4) is 11.4 Å². The van der Waals surface area contributed by atoms with Crippen LogP contribution in [0.15, 0.2) is 54.6 Å². The first-order valence-electron chi connectivity index (χ1n) is 8.38. The van der Waals surface area contributed by atoms with Crippen LogP contribution in [0.5, 0.6) is 5.75 Å². The average molecular weight is 364 g/mol. The van der Waals surface area contributed by atoms with E-state index in [1.165, 1.54) is 0 Å². The number of amides is 2. The predicted octanol–water partition coefficient (Wildman–Crippen LogP) is 2.61. The maximum Gasteiger partial charge on any atom is 0.256 e. The van der Waals surface area contributed by atoms with Crippen LogP contribution in [0.2, 0.25) is 0 Å². The number of nitrogens with two attached hydrogens (primary N) is 1. The third-order valence-electron chi connectivity index (χ3n) is 3.85. The molecule has 0 spiro atoms. The Balaban J connectivity index is 1.76. The van der Waals surface area contributed by atoms with Gasteiger partial charge in [0, 0.05) is 11.6 Å². The fraction of sp³-hybridized carbons (Fsp3) is 0.150. The lowest BCUT2D eigenvalue weighted by Crippen LogP contribution is -2.20. The second-order valence-electron chi connectivity index (χ2n) is 6.15. The Kier molecular flexibility index (Phi) is 5.21. The molecule has 0 atom stereocenters. The molecule has 0 unspecified atom stereocenters. The zero-order valence-corrected chi connectivity index (χ0v) is 15.1. The number of nitrogens with one attached hydrogen (secondary N) is 1. The number of hydrogen-bond acceptors (Lipinski definition) is 4. The lowest BCUT2D eigenvalue weighted by atomic mass is 10.2. The minimum absolute atomic E-state index is 0.208. The van der Waals surface area contributed by atoms with Gasteiger partial charge in [-0.1, -0.05) is 17.7 Å². The van der Waals surface area contributed by atoms with Crippen LogP contribution in [0, 0.1) is 13.8 Å². The molecule has 0 bridgehead atoms. The molecule has 0 aliphatic carbocycles. The van der Waals surface area contributed by atoms with Crippen molar-refractivity contribution in [3.63, 3.8) is 0 Å². The molecule has 1 heterocycles. The van der Waals surface area contributed by atoms with Gasteiger partial charge < -0.3 is 15.8 Å². The molecule has 0 radical (unpaired) electrons. The third-order valence-corrected chi connectivity index (χ3v) is 3.85. The van der Waals surface area contributed by atoms with Crippen LogP contribution in [-0.4, -0.2) is 28.2 Å². The van der Waals surface area contributed by atoms with E-state index in [1.54, 1.807) is 28.9 Å². The Labute approximate surface area is 156 Å². The normalized spacial score (nSPS) is 10.4. The summed E-state index contributed by atoms with van der Waals surface area (Å²) in [4.78, 5) is 23.3. The van der Waals surface area contributed by atoms with Gasteiger partial charge in [-0.25, -0.2) is 4.68 Å². The highest BCUT2D eigenvalue weighted by Crippen LogP contribution is 2.19. The van der Waals surface area contributed by atoms with Crippen LogP contribution in [0.25, 0.3) is 5.69 Å². The first-order chi connectivity index (χ1) is 12.9. The quantitative estimate of drug-likeness (QED) is 0.702. The van der Waals surface area contributed by atoms with Crippen molar-refractivity contribution in [3.05, 3.63) is 71.4 Å². The number of nitrogens with zero attached hydrogens (tertiary/aromatic N) is 2. The van der Waals surface area contributed by atoms with Crippen LogP contribution in [0.1, 0.15) is 21.6 Å². The van der Waals surface area contributed by atoms with Gasteiger partial charge in [0.15, 0.2) is 6.61 Å². The minimum Gasteiger partial charge on any atom is -0.484 e. The standard InChI is InChI=1S/C20H20N4O3/c1-13-3-7-16(8-4-13)24-19(11-14(2)23-24)22-20(26)15-5-9-17(10-6-15)27-12-18(21)25/h3-11H,12H2,1-2H3,(H2,21,25)(H,22,26). The van der Waals surface area contributed by atoms with Gasteiger partial charge >= 0.3 is 0 Å². The Morgan fingerprint density at radius 1 is 1.07 bits per heavy atom. The monoisotopic (exact) mass is 364 g/mol. The van der Waals surface area contributed by atoms with Crippen LogP contribution >= 0.6 is 0 Å². The van der Waals surface area contributed by atoms with Crippen LogP contribution in [-0.2, 0) is 4.79 Å². The van der Waals surface area contributed by atoms with Crippen molar-refractivity contribution in [1.29, 1.82) is 0 Å². The Hall–Kier alpha value is -3.61. The zero-order valence-electron chi connectivity index (χ0n) is 15.1. The average Bonchev–Trinajstić information content (AvgIpc) is 3.01. The number of rotatable bonds is 6. The lowest BCUT2D eigenvalue weighted by Gasteiger charge is -2.10. The Morgan fingerprint density at radius 2 is 1.74 bits per heavy atom.